The Balaban J connectivity index is 1.28. The lowest BCUT2D eigenvalue weighted by molar-refractivity contribution is 0.211. The van der Waals surface area contributed by atoms with E-state index in [9.17, 15) is 0 Å². The first-order chi connectivity index (χ1) is 16.3. The largest absolute Gasteiger partial charge is 0.488 e. The molecular formula is C25H23N5O3. The fourth-order valence-corrected chi connectivity index (χ4v) is 3.56. The summed E-state index contributed by atoms with van der Waals surface area (Å²) in [4.78, 5) is 8.69. The molecule has 5 rings (SSSR count). The van der Waals surface area contributed by atoms with E-state index >= 15 is 0 Å². The van der Waals surface area contributed by atoms with Crippen LogP contribution in [0, 0.1) is 0 Å². The molecule has 1 aliphatic carbocycles. The number of rotatable bonds is 7. The normalized spacial score (nSPS) is 16.5. The highest BCUT2D eigenvalue weighted by molar-refractivity contribution is 5.81. The molecule has 166 valence electrons. The molecule has 1 aliphatic heterocycles. The van der Waals surface area contributed by atoms with Crippen LogP contribution in [0.25, 0.3) is 11.5 Å². The van der Waals surface area contributed by atoms with E-state index < -0.39 is 0 Å². The van der Waals surface area contributed by atoms with Gasteiger partial charge in [0.05, 0.1) is 17.8 Å². The van der Waals surface area contributed by atoms with E-state index in [4.69, 9.17) is 13.9 Å². The van der Waals surface area contributed by atoms with Crippen LogP contribution in [0.3, 0.4) is 0 Å². The van der Waals surface area contributed by atoms with Gasteiger partial charge in [0, 0.05) is 18.3 Å². The molecule has 0 saturated carbocycles. The van der Waals surface area contributed by atoms with Crippen LogP contribution in [0.4, 0.5) is 11.7 Å². The van der Waals surface area contributed by atoms with Crippen LogP contribution in [0.15, 0.2) is 93.9 Å². The third-order valence-electron chi connectivity index (χ3n) is 5.15. The summed E-state index contributed by atoms with van der Waals surface area (Å²) >= 11 is 0. The standard InChI is InChI=1S/C25H23N5O3/c1-2-8-18(9-3-1)14-20-16-31-17-23(32-20)28-25-30-29-24(33-25)21-11-4-5-12-22(21)27-15-19-10-6-7-13-26-19/h1-2,4-8,10-13,16,27H,3,9,14-15,17H2. The molecule has 0 bridgehead atoms. The maximum atomic E-state index is 5.89. The van der Waals surface area contributed by atoms with Crippen LogP contribution in [0.1, 0.15) is 25.0 Å². The number of anilines is 1. The predicted octanol–water partition coefficient (Wildman–Crippen LogP) is 5.33. The number of hydrogen-bond acceptors (Lipinski definition) is 8. The fourth-order valence-electron chi connectivity index (χ4n) is 3.56. The highest BCUT2D eigenvalue weighted by Crippen LogP contribution is 2.29. The summed E-state index contributed by atoms with van der Waals surface area (Å²) in [5.41, 5.74) is 3.88. The second-order valence-electron chi connectivity index (χ2n) is 7.58. The molecule has 0 fully saturated rings. The van der Waals surface area contributed by atoms with Crippen LogP contribution in [0.2, 0.25) is 0 Å². The zero-order valence-corrected chi connectivity index (χ0v) is 18.0. The molecule has 0 atom stereocenters. The van der Waals surface area contributed by atoms with E-state index in [0.29, 0.717) is 30.5 Å². The minimum atomic E-state index is 0.115. The van der Waals surface area contributed by atoms with Gasteiger partial charge in [0.25, 0.3) is 5.89 Å². The Hall–Kier alpha value is -4.20. The number of ether oxygens (including phenoxy) is 2. The summed E-state index contributed by atoms with van der Waals surface area (Å²) in [7, 11) is 0. The van der Waals surface area contributed by atoms with Crippen molar-refractivity contribution in [3.63, 3.8) is 0 Å². The Morgan fingerprint density at radius 1 is 1.06 bits per heavy atom. The van der Waals surface area contributed by atoms with Gasteiger partial charge < -0.3 is 19.2 Å². The lowest BCUT2D eigenvalue weighted by Crippen LogP contribution is -2.16. The van der Waals surface area contributed by atoms with Crippen molar-refractivity contribution in [2.24, 2.45) is 4.99 Å². The highest BCUT2D eigenvalue weighted by atomic mass is 16.6. The van der Waals surface area contributed by atoms with Gasteiger partial charge in [0.1, 0.15) is 12.0 Å². The average molecular weight is 441 g/mol. The minimum Gasteiger partial charge on any atom is -0.488 e. The summed E-state index contributed by atoms with van der Waals surface area (Å²) in [6.07, 6.45) is 12.5. The number of hydrogen-bond donors (Lipinski definition) is 1. The maximum Gasteiger partial charge on any atom is 0.345 e. The number of nitrogens with one attached hydrogen (secondary N) is 1. The molecule has 33 heavy (non-hydrogen) atoms. The number of nitrogens with zero attached hydrogens (tertiary/aromatic N) is 4. The molecule has 8 nitrogen and oxygen atoms in total. The second-order valence-corrected chi connectivity index (χ2v) is 7.58. The molecule has 0 amide bonds. The molecule has 2 aromatic heterocycles. The number of para-hydroxylation sites is 1. The fraction of sp³-hybridized carbons (Fsp3) is 0.200. The molecule has 0 spiro atoms. The van der Waals surface area contributed by atoms with E-state index in [1.165, 1.54) is 5.57 Å². The molecule has 2 aliphatic rings. The van der Waals surface area contributed by atoms with Crippen molar-refractivity contribution in [2.75, 3.05) is 11.9 Å². The average Bonchev–Trinajstić information content (AvgIpc) is 3.33. The van der Waals surface area contributed by atoms with Gasteiger partial charge >= 0.3 is 6.01 Å². The number of pyridine rings is 1. The molecule has 0 saturated heterocycles. The van der Waals surface area contributed by atoms with Gasteiger partial charge in [-0.05, 0) is 37.1 Å². The Morgan fingerprint density at radius 2 is 2.00 bits per heavy atom. The SMILES string of the molecule is C1=CCCC(CC2=COCC(=Nc3nnc(-c4ccccc4NCc4ccccn4)o3)O2)=C1. The number of allylic oxidation sites excluding steroid dienone is 4. The lowest BCUT2D eigenvalue weighted by Gasteiger charge is -2.18. The van der Waals surface area contributed by atoms with Crippen molar-refractivity contribution < 1.29 is 13.9 Å². The zero-order chi connectivity index (χ0) is 22.3. The van der Waals surface area contributed by atoms with Gasteiger partial charge in [-0.2, -0.15) is 4.99 Å². The first kappa shape index (κ1) is 20.7. The monoisotopic (exact) mass is 441 g/mol. The smallest absolute Gasteiger partial charge is 0.345 e. The lowest BCUT2D eigenvalue weighted by atomic mass is 10.0. The van der Waals surface area contributed by atoms with Crippen molar-refractivity contribution in [1.29, 1.82) is 0 Å². The third-order valence-corrected chi connectivity index (χ3v) is 5.15. The van der Waals surface area contributed by atoms with Gasteiger partial charge in [0.15, 0.2) is 6.61 Å². The van der Waals surface area contributed by atoms with E-state index in [0.717, 1.165) is 29.8 Å². The van der Waals surface area contributed by atoms with Crippen molar-refractivity contribution >= 4 is 17.6 Å². The second kappa shape index (κ2) is 9.95. The van der Waals surface area contributed by atoms with Gasteiger partial charge in [-0.15, -0.1) is 5.10 Å². The van der Waals surface area contributed by atoms with Crippen molar-refractivity contribution in [2.45, 2.75) is 25.8 Å². The molecule has 1 aromatic carbocycles. The van der Waals surface area contributed by atoms with Crippen LogP contribution in [0.5, 0.6) is 0 Å². The van der Waals surface area contributed by atoms with Crippen LogP contribution in [-0.4, -0.2) is 27.7 Å². The minimum absolute atomic E-state index is 0.115. The summed E-state index contributed by atoms with van der Waals surface area (Å²) in [6.45, 7) is 0.788. The van der Waals surface area contributed by atoms with Crippen molar-refractivity contribution in [3.05, 3.63) is 90.2 Å². The van der Waals surface area contributed by atoms with Crippen molar-refractivity contribution in [3.8, 4) is 11.5 Å². The predicted molar refractivity (Wildman–Crippen MR) is 125 cm³/mol. The molecule has 8 heteroatoms. The van der Waals surface area contributed by atoms with Crippen molar-refractivity contribution in [1.82, 2.24) is 15.2 Å². The topological polar surface area (TPSA) is 94.7 Å². The van der Waals surface area contributed by atoms with Crippen LogP contribution in [-0.2, 0) is 16.0 Å². The Labute approximate surface area is 191 Å². The Morgan fingerprint density at radius 3 is 2.88 bits per heavy atom. The summed E-state index contributed by atoms with van der Waals surface area (Å²) in [5.74, 6) is 1.46. The summed E-state index contributed by atoms with van der Waals surface area (Å²) < 4.78 is 17.2. The maximum absolute atomic E-state index is 5.89. The number of aromatic nitrogens is 3. The zero-order valence-electron chi connectivity index (χ0n) is 18.0. The Bertz CT molecular complexity index is 1230. The molecule has 3 heterocycles. The quantitative estimate of drug-likeness (QED) is 0.530. The van der Waals surface area contributed by atoms with E-state index in [1.807, 2.05) is 42.5 Å². The third kappa shape index (κ3) is 5.35. The van der Waals surface area contributed by atoms with E-state index in [2.05, 4.69) is 43.7 Å². The van der Waals surface area contributed by atoms with Gasteiger partial charge in [-0.25, -0.2) is 0 Å². The van der Waals surface area contributed by atoms with E-state index in [1.54, 1.807) is 12.5 Å². The first-order valence-electron chi connectivity index (χ1n) is 10.8. The van der Waals surface area contributed by atoms with Gasteiger partial charge in [0.2, 0.25) is 5.90 Å². The number of benzene rings is 1. The summed E-state index contributed by atoms with van der Waals surface area (Å²) in [6, 6.07) is 13.7. The molecule has 0 radical (unpaired) electrons. The summed E-state index contributed by atoms with van der Waals surface area (Å²) in [5, 5.41) is 11.6. The van der Waals surface area contributed by atoms with Crippen LogP contribution < -0.4 is 5.32 Å². The highest BCUT2D eigenvalue weighted by Gasteiger charge is 2.17. The molecular weight excluding hydrogens is 418 g/mol. The Kier molecular flexibility index (Phi) is 6.24. The first-order valence-corrected chi connectivity index (χ1v) is 10.8. The number of aliphatic imine (C=N–C) groups is 1. The molecule has 1 N–H and O–H groups in total. The molecule has 3 aromatic rings. The molecule has 0 unspecified atom stereocenters. The van der Waals surface area contributed by atoms with Gasteiger partial charge in [-0.1, -0.05) is 47.1 Å². The van der Waals surface area contributed by atoms with Gasteiger partial charge in [-0.3, -0.25) is 4.98 Å². The van der Waals surface area contributed by atoms with Crippen LogP contribution >= 0.6 is 0 Å². The van der Waals surface area contributed by atoms with E-state index in [-0.39, 0.29) is 12.6 Å².